The Hall–Kier alpha value is -2.07. The van der Waals surface area contributed by atoms with Crippen molar-refractivity contribution in [3.8, 4) is 5.75 Å². The smallest absolute Gasteiger partial charge is 0.223 e. The first-order chi connectivity index (χ1) is 12.1. The van der Waals surface area contributed by atoms with E-state index in [1.54, 1.807) is 12.1 Å². The molecule has 2 unspecified atom stereocenters. The second-order valence-corrected chi connectivity index (χ2v) is 6.68. The molecule has 25 heavy (non-hydrogen) atoms. The van der Waals surface area contributed by atoms with Gasteiger partial charge in [-0.3, -0.25) is 4.79 Å². The molecule has 0 bridgehead atoms. The van der Waals surface area contributed by atoms with Crippen LogP contribution in [0.1, 0.15) is 30.7 Å². The lowest BCUT2D eigenvalue weighted by atomic mass is 10.1. The van der Waals surface area contributed by atoms with Crippen molar-refractivity contribution in [1.82, 2.24) is 5.32 Å². The van der Waals surface area contributed by atoms with Gasteiger partial charge in [0.05, 0.1) is 6.61 Å². The number of carbonyl (C=O) groups excluding carboxylic acids is 1. The van der Waals surface area contributed by atoms with Crippen LogP contribution in [0.2, 0.25) is 5.02 Å². The van der Waals surface area contributed by atoms with Crippen molar-refractivity contribution in [3.63, 3.8) is 0 Å². The van der Waals surface area contributed by atoms with Gasteiger partial charge in [0, 0.05) is 17.5 Å². The first kappa shape index (κ1) is 17.7. The van der Waals surface area contributed by atoms with Crippen LogP contribution in [0.4, 0.5) is 4.39 Å². The van der Waals surface area contributed by atoms with Crippen molar-refractivity contribution in [2.75, 3.05) is 13.2 Å². The standard InChI is InChI=1S/C20H21ClFNO2/c21-19-6-2-1-5-16(19)17-13-18(17)20(24)23-11-3-4-12-25-15-9-7-14(22)8-10-15/h1-2,5-10,17-18H,3-4,11-13H2,(H,23,24). The van der Waals surface area contributed by atoms with Crippen LogP contribution in [0, 0.1) is 11.7 Å². The molecule has 0 aliphatic heterocycles. The maximum Gasteiger partial charge on any atom is 0.223 e. The molecule has 0 aromatic heterocycles. The van der Waals surface area contributed by atoms with Crippen LogP contribution in [0.5, 0.6) is 5.75 Å². The summed E-state index contributed by atoms with van der Waals surface area (Å²) in [6, 6.07) is 13.7. The quantitative estimate of drug-likeness (QED) is 0.700. The van der Waals surface area contributed by atoms with Crippen molar-refractivity contribution in [1.29, 1.82) is 0 Å². The van der Waals surface area contributed by atoms with Gasteiger partial charge < -0.3 is 10.1 Å². The number of rotatable bonds is 8. The van der Waals surface area contributed by atoms with Crippen molar-refractivity contribution in [2.45, 2.75) is 25.2 Å². The van der Waals surface area contributed by atoms with Crippen molar-refractivity contribution >= 4 is 17.5 Å². The average molecular weight is 362 g/mol. The molecule has 0 spiro atoms. The van der Waals surface area contributed by atoms with E-state index in [1.807, 2.05) is 24.3 Å². The number of ether oxygens (including phenoxy) is 1. The molecule has 0 heterocycles. The Balaban J connectivity index is 1.30. The highest BCUT2D eigenvalue weighted by molar-refractivity contribution is 6.31. The second kappa shape index (κ2) is 8.34. The van der Waals surface area contributed by atoms with Gasteiger partial charge >= 0.3 is 0 Å². The Kier molecular flexibility index (Phi) is 5.92. The number of amides is 1. The van der Waals surface area contributed by atoms with E-state index in [4.69, 9.17) is 16.3 Å². The minimum Gasteiger partial charge on any atom is -0.494 e. The maximum atomic E-state index is 12.8. The fourth-order valence-electron chi connectivity index (χ4n) is 2.89. The molecule has 2 atom stereocenters. The van der Waals surface area contributed by atoms with E-state index in [2.05, 4.69) is 5.32 Å². The van der Waals surface area contributed by atoms with Gasteiger partial charge in [0.1, 0.15) is 11.6 Å². The van der Waals surface area contributed by atoms with Crippen LogP contribution in [0.15, 0.2) is 48.5 Å². The monoisotopic (exact) mass is 361 g/mol. The van der Waals surface area contributed by atoms with Crippen LogP contribution in [0.25, 0.3) is 0 Å². The molecule has 2 aromatic rings. The van der Waals surface area contributed by atoms with E-state index >= 15 is 0 Å². The molecule has 1 aliphatic carbocycles. The van der Waals surface area contributed by atoms with Gasteiger partial charge in [0.15, 0.2) is 0 Å². The van der Waals surface area contributed by atoms with Crippen LogP contribution in [-0.4, -0.2) is 19.1 Å². The van der Waals surface area contributed by atoms with E-state index < -0.39 is 0 Å². The molecule has 0 radical (unpaired) electrons. The molecule has 1 N–H and O–H groups in total. The van der Waals surface area contributed by atoms with Gasteiger partial charge in [-0.15, -0.1) is 0 Å². The number of hydrogen-bond acceptors (Lipinski definition) is 2. The third kappa shape index (κ3) is 4.95. The van der Waals surface area contributed by atoms with Crippen LogP contribution in [0.3, 0.4) is 0 Å². The summed E-state index contributed by atoms with van der Waals surface area (Å²) in [7, 11) is 0. The SMILES string of the molecule is O=C(NCCCCOc1ccc(F)cc1)C1CC1c1ccccc1Cl. The number of hydrogen-bond donors (Lipinski definition) is 1. The van der Waals surface area contributed by atoms with Crippen molar-refractivity contribution < 1.29 is 13.9 Å². The molecule has 1 aliphatic rings. The molecule has 5 heteroatoms. The number of halogens is 2. The van der Waals surface area contributed by atoms with Gasteiger partial charge in [-0.2, -0.15) is 0 Å². The van der Waals surface area contributed by atoms with Gasteiger partial charge in [-0.1, -0.05) is 29.8 Å². The summed E-state index contributed by atoms with van der Waals surface area (Å²) in [4.78, 5) is 12.2. The Morgan fingerprint density at radius 3 is 2.68 bits per heavy atom. The highest BCUT2D eigenvalue weighted by atomic mass is 35.5. The van der Waals surface area contributed by atoms with Gasteiger partial charge in [-0.05, 0) is 61.1 Å². The van der Waals surface area contributed by atoms with Crippen LogP contribution >= 0.6 is 11.6 Å². The van der Waals surface area contributed by atoms with Crippen molar-refractivity contribution in [2.24, 2.45) is 5.92 Å². The average Bonchev–Trinajstić information content (AvgIpc) is 3.40. The lowest BCUT2D eigenvalue weighted by Gasteiger charge is -2.07. The predicted octanol–water partition coefficient (Wildman–Crippen LogP) is 4.56. The molecular weight excluding hydrogens is 341 g/mol. The summed E-state index contributed by atoms with van der Waals surface area (Å²) in [5.74, 6) is 0.770. The third-order valence-electron chi connectivity index (χ3n) is 4.38. The fourth-order valence-corrected chi connectivity index (χ4v) is 3.17. The lowest BCUT2D eigenvalue weighted by molar-refractivity contribution is -0.122. The molecule has 2 aromatic carbocycles. The molecule has 1 amide bonds. The van der Waals surface area contributed by atoms with E-state index in [1.165, 1.54) is 12.1 Å². The molecule has 3 nitrogen and oxygen atoms in total. The third-order valence-corrected chi connectivity index (χ3v) is 4.73. The molecular formula is C20H21ClFNO2. The fraction of sp³-hybridized carbons (Fsp3) is 0.350. The zero-order valence-corrected chi connectivity index (χ0v) is 14.6. The van der Waals surface area contributed by atoms with E-state index in [0.717, 1.165) is 29.8 Å². The number of unbranched alkanes of at least 4 members (excludes halogenated alkanes) is 1. The molecule has 132 valence electrons. The van der Waals surface area contributed by atoms with Gasteiger partial charge in [-0.25, -0.2) is 4.39 Å². The van der Waals surface area contributed by atoms with E-state index in [0.29, 0.717) is 18.9 Å². The number of nitrogens with one attached hydrogen (secondary N) is 1. The largest absolute Gasteiger partial charge is 0.494 e. The Bertz CT molecular complexity index is 720. The second-order valence-electron chi connectivity index (χ2n) is 6.27. The minimum absolute atomic E-state index is 0.0374. The molecule has 3 rings (SSSR count). The highest BCUT2D eigenvalue weighted by Gasteiger charge is 2.44. The summed E-state index contributed by atoms with van der Waals surface area (Å²) < 4.78 is 18.3. The normalized spacial score (nSPS) is 18.6. The Labute approximate surface area is 152 Å². The summed E-state index contributed by atoms with van der Waals surface area (Å²) in [5.41, 5.74) is 1.07. The van der Waals surface area contributed by atoms with Gasteiger partial charge in [0.2, 0.25) is 5.91 Å². The summed E-state index contributed by atoms with van der Waals surface area (Å²) in [5, 5.41) is 3.72. The highest BCUT2D eigenvalue weighted by Crippen LogP contribution is 2.49. The number of carbonyl (C=O) groups is 1. The van der Waals surface area contributed by atoms with Crippen molar-refractivity contribution in [3.05, 3.63) is 64.9 Å². The molecule has 1 fully saturated rings. The number of benzene rings is 2. The summed E-state index contributed by atoms with van der Waals surface area (Å²) >= 11 is 6.18. The molecule has 0 saturated heterocycles. The van der Waals surface area contributed by atoms with Gasteiger partial charge in [0.25, 0.3) is 0 Å². The zero-order chi connectivity index (χ0) is 17.6. The maximum absolute atomic E-state index is 12.8. The van der Waals surface area contributed by atoms with Crippen LogP contribution in [-0.2, 0) is 4.79 Å². The van der Waals surface area contributed by atoms with E-state index in [-0.39, 0.29) is 23.6 Å². The first-order valence-electron chi connectivity index (χ1n) is 8.55. The van der Waals surface area contributed by atoms with E-state index in [9.17, 15) is 9.18 Å². The predicted molar refractivity (Wildman–Crippen MR) is 96.4 cm³/mol. The minimum atomic E-state index is -0.273. The lowest BCUT2D eigenvalue weighted by Crippen LogP contribution is -2.26. The zero-order valence-electron chi connectivity index (χ0n) is 13.9. The topological polar surface area (TPSA) is 38.3 Å². The molecule has 1 saturated carbocycles. The van der Waals surface area contributed by atoms with Crippen LogP contribution < -0.4 is 10.1 Å². The summed E-state index contributed by atoms with van der Waals surface area (Å²) in [6.07, 6.45) is 2.54. The Morgan fingerprint density at radius 1 is 1.16 bits per heavy atom. The summed E-state index contributed by atoms with van der Waals surface area (Å²) in [6.45, 7) is 1.19. The Morgan fingerprint density at radius 2 is 1.92 bits per heavy atom. The first-order valence-corrected chi connectivity index (χ1v) is 8.93.